The molecule has 0 aliphatic heterocycles. The van der Waals surface area contributed by atoms with Crippen molar-refractivity contribution in [1.82, 2.24) is 19.7 Å². The molecule has 2 heterocycles. The molecule has 0 aliphatic carbocycles. The van der Waals surface area contributed by atoms with Gasteiger partial charge in [0, 0.05) is 23.5 Å². The largest absolute Gasteiger partial charge is 0.464 e. The Balaban J connectivity index is 2.20. The smallest absolute Gasteiger partial charge is 0.356 e. The number of methoxy groups -OCH3 is 1. The minimum atomic E-state index is -0.592. The second kappa shape index (κ2) is 6.48. The van der Waals surface area contributed by atoms with Crippen LogP contribution >= 0.6 is 15.9 Å². The SMILES string of the molecule is COC(=O)c1cc(-n2nccc2C)nc(-c2ccc(F)c(Br)c2)n1. The van der Waals surface area contributed by atoms with E-state index in [0.717, 1.165) is 5.69 Å². The zero-order valence-corrected chi connectivity index (χ0v) is 14.4. The molecule has 0 N–H and O–H groups in total. The van der Waals surface area contributed by atoms with E-state index in [-0.39, 0.29) is 16.0 Å². The summed E-state index contributed by atoms with van der Waals surface area (Å²) in [7, 11) is 1.28. The van der Waals surface area contributed by atoms with Gasteiger partial charge in [-0.15, -0.1) is 0 Å². The standard InChI is InChI=1S/C16H12BrFN4O2/c1-9-5-6-19-22(9)14-8-13(16(23)24-2)20-15(21-14)10-3-4-12(18)11(17)7-10/h3-8H,1-2H3. The van der Waals surface area contributed by atoms with Crippen molar-refractivity contribution in [1.29, 1.82) is 0 Å². The lowest BCUT2D eigenvalue weighted by Gasteiger charge is -2.09. The maximum Gasteiger partial charge on any atom is 0.356 e. The maximum atomic E-state index is 13.5. The van der Waals surface area contributed by atoms with E-state index in [1.165, 1.54) is 25.3 Å². The molecule has 3 rings (SSSR count). The van der Waals surface area contributed by atoms with E-state index in [1.807, 2.05) is 13.0 Å². The van der Waals surface area contributed by atoms with Crippen LogP contribution in [0.25, 0.3) is 17.2 Å². The van der Waals surface area contributed by atoms with Crippen molar-refractivity contribution in [3.8, 4) is 17.2 Å². The lowest BCUT2D eigenvalue weighted by molar-refractivity contribution is 0.0594. The third-order valence-electron chi connectivity index (χ3n) is 3.33. The number of nitrogens with zero attached hydrogens (tertiary/aromatic N) is 4. The van der Waals surface area contributed by atoms with Gasteiger partial charge in [0.05, 0.1) is 11.6 Å². The number of rotatable bonds is 3. The number of ether oxygens (including phenoxy) is 1. The third-order valence-corrected chi connectivity index (χ3v) is 3.94. The van der Waals surface area contributed by atoms with Crippen LogP contribution in [0.15, 0.2) is 41.0 Å². The van der Waals surface area contributed by atoms with Crippen molar-refractivity contribution in [2.24, 2.45) is 0 Å². The van der Waals surface area contributed by atoms with Crippen LogP contribution in [0.1, 0.15) is 16.2 Å². The first-order valence-corrected chi connectivity index (χ1v) is 7.72. The Morgan fingerprint density at radius 3 is 2.67 bits per heavy atom. The monoisotopic (exact) mass is 390 g/mol. The van der Waals surface area contributed by atoms with Gasteiger partial charge in [-0.25, -0.2) is 23.8 Å². The molecule has 6 nitrogen and oxygen atoms in total. The van der Waals surface area contributed by atoms with Crippen LogP contribution in [0.4, 0.5) is 4.39 Å². The van der Waals surface area contributed by atoms with Gasteiger partial charge >= 0.3 is 5.97 Å². The van der Waals surface area contributed by atoms with E-state index in [1.54, 1.807) is 16.9 Å². The highest BCUT2D eigenvalue weighted by molar-refractivity contribution is 9.10. The summed E-state index contributed by atoms with van der Waals surface area (Å²) in [6, 6.07) is 7.69. The first kappa shape index (κ1) is 16.3. The van der Waals surface area contributed by atoms with Crippen LogP contribution < -0.4 is 0 Å². The summed E-state index contributed by atoms with van der Waals surface area (Å²) in [4.78, 5) is 20.6. The van der Waals surface area contributed by atoms with Crippen molar-refractivity contribution < 1.29 is 13.9 Å². The number of halogens is 2. The Morgan fingerprint density at radius 1 is 1.25 bits per heavy atom. The highest BCUT2D eigenvalue weighted by atomic mass is 79.9. The van der Waals surface area contributed by atoms with E-state index >= 15 is 0 Å². The van der Waals surface area contributed by atoms with Crippen molar-refractivity contribution in [2.45, 2.75) is 6.92 Å². The Morgan fingerprint density at radius 2 is 2.04 bits per heavy atom. The van der Waals surface area contributed by atoms with Crippen LogP contribution in [0.5, 0.6) is 0 Å². The predicted molar refractivity (Wildman–Crippen MR) is 88.3 cm³/mol. The van der Waals surface area contributed by atoms with Crippen LogP contribution in [0, 0.1) is 12.7 Å². The fraction of sp³-hybridized carbons (Fsp3) is 0.125. The molecule has 0 aliphatic rings. The number of hydrogen-bond donors (Lipinski definition) is 0. The molecule has 0 saturated heterocycles. The minimum Gasteiger partial charge on any atom is -0.464 e. The molecule has 0 saturated carbocycles. The van der Waals surface area contributed by atoms with Crippen LogP contribution in [0.2, 0.25) is 0 Å². The third kappa shape index (κ3) is 3.05. The summed E-state index contributed by atoms with van der Waals surface area (Å²) < 4.78 is 20.1. The Bertz CT molecular complexity index is 926. The normalized spacial score (nSPS) is 10.7. The predicted octanol–water partition coefficient (Wildman–Crippen LogP) is 3.33. The number of carbonyl (C=O) groups excluding carboxylic acids is 1. The number of hydrogen-bond acceptors (Lipinski definition) is 5. The molecule has 0 amide bonds. The molecule has 0 radical (unpaired) electrons. The molecule has 0 bridgehead atoms. The summed E-state index contributed by atoms with van der Waals surface area (Å²) in [5, 5.41) is 4.18. The van der Waals surface area contributed by atoms with Gasteiger partial charge in [-0.05, 0) is 47.1 Å². The van der Waals surface area contributed by atoms with E-state index in [4.69, 9.17) is 4.74 Å². The Hall–Kier alpha value is -2.61. The van der Waals surface area contributed by atoms with E-state index < -0.39 is 11.8 Å². The van der Waals surface area contributed by atoms with Gasteiger partial charge in [0.1, 0.15) is 5.82 Å². The first-order valence-electron chi connectivity index (χ1n) is 6.93. The zero-order valence-electron chi connectivity index (χ0n) is 12.8. The number of benzene rings is 1. The highest BCUT2D eigenvalue weighted by Crippen LogP contribution is 2.24. The van der Waals surface area contributed by atoms with Crippen LogP contribution in [-0.2, 0) is 4.74 Å². The Labute approximate surface area is 145 Å². The molecule has 24 heavy (non-hydrogen) atoms. The second-order valence-electron chi connectivity index (χ2n) is 4.94. The molecule has 2 aromatic heterocycles. The molecule has 0 atom stereocenters. The van der Waals surface area contributed by atoms with Crippen molar-refractivity contribution in [3.63, 3.8) is 0 Å². The van der Waals surface area contributed by atoms with Gasteiger partial charge in [0.15, 0.2) is 17.3 Å². The lowest BCUT2D eigenvalue weighted by Crippen LogP contribution is -2.11. The number of aromatic nitrogens is 4. The number of carbonyl (C=O) groups is 1. The summed E-state index contributed by atoms with van der Waals surface area (Å²) in [6.07, 6.45) is 1.63. The minimum absolute atomic E-state index is 0.0906. The summed E-state index contributed by atoms with van der Waals surface area (Å²) >= 11 is 3.13. The van der Waals surface area contributed by atoms with Crippen LogP contribution in [-0.4, -0.2) is 32.8 Å². The molecule has 1 aromatic carbocycles. The molecule has 122 valence electrons. The summed E-state index contributed by atoms with van der Waals surface area (Å²) in [6.45, 7) is 1.86. The van der Waals surface area contributed by atoms with Crippen molar-refractivity contribution in [3.05, 3.63) is 58.2 Å². The van der Waals surface area contributed by atoms with Gasteiger partial charge in [0.25, 0.3) is 0 Å². The molecule has 0 unspecified atom stereocenters. The second-order valence-corrected chi connectivity index (χ2v) is 5.79. The van der Waals surface area contributed by atoms with E-state index in [9.17, 15) is 9.18 Å². The topological polar surface area (TPSA) is 69.9 Å². The van der Waals surface area contributed by atoms with Crippen LogP contribution in [0.3, 0.4) is 0 Å². The van der Waals surface area contributed by atoms with Crippen molar-refractivity contribution in [2.75, 3.05) is 7.11 Å². The van der Waals surface area contributed by atoms with E-state index in [2.05, 4.69) is 31.0 Å². The lowest BCUT2D eigenvalue weighted by atomic mass is 10.2. The summed E-state index contributed by atoms with van der Waals surface area (Å²) in [5.41, 5.74) is 1.49. The van der Waals surface area contributed by atoms with Gasteiger partial charge in [0.2, 0.25) is 0 Å². The molecular weight excluding hydrogens is 379 g/mol. The number of esters is 1. The fourth-order valence-corrected chi connectivity index (χ4v) is 2.50. The van der Waals surface area contributed by atoms with Gasteiger partial charge in [-0.2, -0.15) is 5.10 Å². The maximum absolute atomic E-state index is 13.5. The van der Waals surface area contributed by atoms with Crippen molar-refractivity contribution >= 4 is 21.9 Å². The highest BCUT2D eigenvalue weighted by Gasteiger charge is 2.16. The van der Waals surface area contributed by atoms with Gasteiger partial charge < -0.3 is 4.74 Å². The molecule has 0 fully saturated rings. The van der Waals surface area contributed by atoms with Gasteiger partial charge in [-0.1, -0.05) is 0 Å². The zero-order chi connectivity index (χ0) is 17.3. The average molecular weight is 391 g/mol. The summed E-state index contributed by atoms with van der Waals surface area (Å²) in [5.74, 6) is -0.302. The average Bonchev–Trinajstić information content (AvgIpc) is 3.02. The first-order chi connectivity index (χ1) is 11.5. The molecule has 8 heteroatoms. The van der Waals surface area contributed by atoms with Gasteiger partial charge in [-0.3, -0.25) is 0 Å². The molecule has 3 aromatic rings. The quantitative estimate of drug-likeness (QED) is 0.641. The Kier molecular flexibility index (Phi) is 4.39. The van der Waals surface area contributed by atoms with E-state index in [0.29, 0.717) is 11.4 Å². The fourth-order valence-electron chi connectivity index (χ4n) is 2.13. The molecular formula is C16H12BrFN4O2. The number of aryl methyl sites for hydroxylation is 1. The molecule has 0 spiro atoms.